The first kappa shape index (κ1) is 27.5. The predicted molar refractivity (Wildman–Crippen MR) is 147 cm³/mol. The highest BCUT2D eigenvalue weighted by atomic mass is 35.5. The van der Waals surface area contributed by atoms with Gasteiger partial charge in [0.25, 0.3) is 11.8 Å². The van der Waals surface area contributed by atoms with Gasteiger partial charge < -0.3 is 24.7 Å². The summed E-state index contributed by atoms with van der Waals surface area (Å²) in [6, 6.07) is 13.3. The molecule has 1 aromatic heterocycles. The minimum Gasteiger partial charge on any atom is -0.493 e. The molecule has 1 aliphatic heterocycles. The topological polar surface area (TPSA) is 101 Å². The summed E-state index contributed by atoms with van der Waals surface area (Å²) in [5, 5.41) is 4.15. The van der Waals surface area contributed by atoms with Crippen molar-refractivity contribution in [2.75, 3.05) is 33.4 Å². The molecule has 10 heteroatoms. The minimum absolute atomic E-state index is 0.104. The van der Waals surface area contributed by atoms with Gasteiger partial charge in [0.05, 0.1) is 19.3 Å². The number of aromatic amines is 1. The van der Waals surface area contributed by atoms with Crippen LogP contribution in [0, 0.1) is 5.92 Å². The number of halogens is 2. The van der Waals surface area contributed by atoms with E-state index in [0.717, 1.165) is 18.4 Å². The second-order valence-electron chi connectivity index (χ2n) is 9.09. The first-order chi connectivity index (χ1) is 18.3. The van der Waals surface area contributed by atoms with Gasteiger partial charge >= 0.3 is 0 Å². The Hall–Kier alpha value is -3.49. The highest BCUT2D eigenvalue weighted by molar-refractivity contribution is 6.35. The van der Waals surface area contributed by atoms with Crippen LogP contribution < -0.4 is 20.3 Å². The molecular formula is C28H29Cl2N3O5. The van der Waals surface area contributed by atoms with Gasteiger partial charge in [-0.2, -0.15) is 0 Å². The summed E-state index contributed by atoms with van der Waals surface area (Å²) in [5.41, 5.74) is 1.60. The van der Waals surface area contributed by atoms with Crippen LogP contribution in [0.5, 0.6) is 11.5 Å². The van der Waals surface area contributed by atoms with E-state index in [2.05, 4.69) is 10.3 Å². The molecule has 1 fully saturated rings. The highest BCUT2D eigenvalue weighted by Crippen LogP contribution is 2.29. The lowest BCUT2D eigenvalue weighted by Gasteiger charge is -2.32. The van der Waals surface area contributed by atoms with E-state index in [4.69, 9.17) is 32.7 Å². The van der Waals surface area contributed by atoms with Crippen LogP contribution in [0.15, 0.2) is 59.5 Å². The second kappa shape index (κ2) is 12.8. The van der Waals surface area contributed by atoms with Crippen LogP contribution >= 0.6 is 23.2 Å². The van der Waals surface area contributed by atoms with Gasteiger partial charge in [0.15, 0.2) is 11.5 Å². The lowest BCUT2D eigenvalue weighted by molar-refractivity contribution is 0.0684. The molecule has 0 radical (unpaired) electrons. The maximum absolute atomic E-state index is 12.9. The molecule has 0 unspecified atom stereocenters. The lowest BCUT2D eigenvalue weighted by atomic mass is 9.96. The fraction of sp³-hybridized carbons (Fsp3) is 0.321. The fourth-order valence-corrected chi connectivity index (χ4v) is 4.83. The van der Waals surface area contributed by atoms with Gasteiger partial charge in [-0.1, -0.05) is 29.3 Å². The number of methoxy groups -OCH3 is 1. The van der Waals surface area contributed by atoms with E-state index < -0.39 is 0 Å². The Bertz CT molecular complexity index is 1330. The molecule has 1 aliphatic rings. The molecule has 0 atom stereocenters. The number of benzene rings is 2. The highest BCUT2D eigenvalue weighted by Gasteiger charge is 2.24. The molecule has 200 valence electrons. The van der Waals surface area contributed by atoms with Crippen molar-refractivity contribution in [2.45, 2.75) is 19.3 Å². The van der Waals surface area contributed by atoms with Crippen LogP contribution in [0.2, 0.25) is 10.0 Å². The lowest BCUT2D eigenvalue weighted by Crippen LogP contribution is -2.41. The summed E-state index contributed by atoms with van der Waals surface area (Å²) in [4.78, 5) is 41.0. The van der Waals surface area contributed by atoms with Gasteiger partial charge in [-0.15, -0.1) is 0 Å². The van der Waals surface area contributed by atoms with E-state index in [1.54, 1.807) is 42.3 Å². The molecule has 0 spiro atoms. The molecule has 2 N–H and O–H groups in total. The first-order valence-corrected chi connectivity index (χ1v) is 13.1. The van der Waals surface area contributed by atoms with Gasteiger partial charge in [-0.25, -0.2) is 0 Å². The maximum Gasteiger partial charge on any atom is 0.255 e. The van der Waals surface area contributed by atoms with Crippen molar-refractivity contribution in [3.05, 3.63) is 91.8 Å². The summed E-state index contributed by atoms with van der Waals surface area (Å²) in [5.74, 6) is 0.956. The van der Waals surface area contributed by atoms with Gasteiger partial charge in [0, 0.05) is 53.9 Å². The largest absolute Gasteiger partial charge is 0.493 e. The molecule has 2 aromatic carbocycles. The molecule has 3 aromatic rings. The van der Waals surface area contributed by atoms with Crippen molar-refractivity contribution >= 4 is 35.0 Å². The normalized spacial score (nSPS) is 13.7. The zero-order chi connectivity index (χ0) is 27.1. The number of ether oxygens (including phenoxy) is 2. The van der Waals surface area contributed by atoms with Gasteiger partial charge in [0.1, 0.15) is 0 Å². The van der Waals surface area contributed by atoms with Crippen LogP contribution in [-0.4, -0.2) is 55.0 Å². The van der Waals surface area contributed by atoms with Crippen LogP contribution in [0.25, 0.3) is 0 Å². The van der Waals surface area contributed by atoms with Crippen molar-refractivity contribution in [3.8, 4) is 11.5 Å². The second-order valence-corrected chi connectivity index (χ2v) is 9.93. The van der Waals surface area contributed by atoms with Crippen LogP contribution in [0.1, 0.15) is 39.1 Å². The third-order valence-electron chi connectivity index (χ3n) is 6.55. The van der Waals surface area contributed by atoms with Gasteiger partial charge in [-0.3, -0.25) is 14.4 Å². The summed E-state index contributed by atoms with van der Waals surface area (Å²) in [6.45, 7) is 2.04. The number of H-pyrrole nitrogens is 1. The van der Waals surface area contributed by atoms with E-state index in [9.17, 15) is 14.4 Å². The van der Waals surface area contributed by atoms with E-state index in [0.29, 0.717) is 65.3 Å². The Morgan fingerprint density at radius 1 is 1.03 bits per heavy atom. The number of amides is 2. The number of piperidine rings is 1. The number of likely N-dealkylation sites (tertiary alicyclic amines) is 1. The molecule has 4 rings (SSSR count). The molecular weight excluding hydrogens is 529 g/mol. The molecule has 0 bridgehead atoms. The summed E-state index contributed by atoms with van der Waals surface area (Å²) in [7, 11) is 1.55. The molecule has 2 amide bonds. The van der Waals surface area contributed by atoms with E-state index in [-0.39, 0.29) is 23.3 Å². The number of carbonyl (C=O) groups is 2. The fourth-order valence-electron chi connectivity index (χ4n) is 4.33. The maximum atomic E-state index is 12.9. The number of rotatable bonds is 9. The Morgan fingerprint density at radius 2 is 1.79 bits per heavy atom. The number of hydrogen-bond acceptors (Lipinski definition) is 5. The number of nitrogens with one attached hydrogen (secondary N) is 2. The third kappa shape index (κ3) is 7.08. The SMILES string of the molecule is COc1ccc(C(=O)NCC2CCN(C(=O)c3ccc(=O)[nH]c3)CC2)cc1OCCc1ccc(Cl)cc1Cl. The number of aromatic nitrogens is 1. The predicted octanol–water partition coefficient (Wildman–Crippen LogP) is 4.59. The monoisotopic (exact) mass is 557 g/mol. The van der Waals surface area contributed by atoms with Crippen molar-refractivity contribution in [2.24, 2.45) is 5.92 Å². The quantitative estimate of drug-likeness (QED) is 0.400. The van der Waals surface area contributed by atoms with Crippen LogP contribution in [0.4, 0.5) is 0 Å². The van der Waals surface area contributed by atoms with E-state index >= 15 is 0 Å². The summed E-state index contributed by atoms with van der Waals surface area (Å²) in [6.07, 6.45) is 3.56. The Kier molecular flexibility index (Phi) is 9.31. The van der Waals surface area contributed by atoms with Crippen molar-refractivity contribution in [1.82, 2.24) is 15.2 Å². The standard InChI is InChI=1S/C28H29Cl2N3O5/c1-37-24-6-3-20(14-25(24)38-13-10-19-2-5-22(29)15-23(19)30)27(35)32-16-18-8-11-33(12-9-18)28(36)21-4-7-26(34)31-17-21/h2-7,14-15,17-18H,8-13,16H2,1H3,(H,31,34)(H,32,35). The zero-order valence-electron chi connectivity index (χ0n) is 21.0. The van der Waals surface area contributed by atoms with Gasteiger partial charge in [0.2, 0.25) is 5.56 Å². The Morgan fingerprint density at radius 3 is 2.47 bits per heavy atom. The number of pyridine rings is 1. The van der Waals surface area contributed by atoms with Crippen molar-refractivity contribution in [1.29, 1.82) is 0 Å². The van der Waals surface area contributed by atoms with E-state index in [1.807, 2.05) is 6.07 Å². The van der Waals surface area contributed by atoms with Crippen molar-refractivity contribution < 1.29 is 19.1 Å². The van der Waals surface area contributed by atoms with Crippen LogP contribution in [0.3, 0.4) is 0 Å². The summed E-state index contributed by atoms with van der Waals surface area (Å²) >= 11 is 12.2. The average molecular weight is 558 g/mol. The number of hydrogen-bond donors (Lipinski definition) is 2. The minimum atomic E-state index is -0.241. The van der Waals surface area contributed by atoms with Gasteiger partial charge in [-0.05, 0) is 60.7 Å². The molecule has 2 heterocycles. The molecule has 0 aliphatic carbocycles. The zero-order valence-corrected chi connectivity index (χ0v) is 22.5. The average Bonchev–Trinajstić information content (AvgIpc) is 2.93. The van der Waals surface area contributed by atoms with Crippen LogP contribution in [-0.2, 0) is 6.42 Å². The van der Waals surface area contributed by atoms with Crippen molar-refractivity contribution in [3.63, 3.8) is 0 Å². The molecule has 38 heavy (non-hydrogen) atoms. The number of nitrogens with zero attached hydrogens (tertiary/aromatic N) is 1. The smallest absolute Gasteiger partial charge is 0.255 e. The Labute approximate surface area is 230 Å². The molecule has 8 nitrogen and oxygen atoms in total. The number of carbonyl (C=O) groups excluding carboxylic acids is 2. The van der Waals surface area contributed by atoms with E-state index in [1.165, 1.54) is 18.3 Å². The third-order valence-corrected chi connectivity index (χ3v) is 7.14. The molecule has 0 saturated carbocycles. The molecule has 1 saturated heterocycles. The Balaban J connectivity index is 1.27. The first-order valence-electron chi connectivity index (χ1n) is 12.3. The summed E-state index contributed by atoms with van der Waals surface area (Å²) < 4.78 is 11.3.